The minimum atomic E-state index is -0.702. The fraction of sp³-hybridized carbons (Fsp3) is 0.571. The normalized spacial score (nSPS) is 11.7. The number of halogens is 1. The molecule has 102 valence electrons. The molecular weight excluding hydrogens is 292 g/mol. The Labute approximate surface area is 118 Å². The van der Waals surface area contributed by atoms with Gasteiger partial charge in [-0.3, -0.25) is 0 Å². The van der Waals surface area contributed by atoms with E-state index in [4.69, 9.17) is 0 Å². The summed E-state index contributed by atoms with van der Waals surface area (Å²) in [6.07, 6.45) is 0. The fourth-order valence-electron chi connectivity index (χ4n) is 1.97. The predicted molar refractivity (Wildman–Crippen MR) is 81.1 cm³/mol. The Kier molecular flexibility index (Phi) is 5.63. The number of hydrogen-bond donors (Lipinski definition) is 2. The molecule has 0 saturated heterocycles. The van der Waals surface area contributed by atoms with Crippen molar-refractivity contribution in [1.29, 1.82) is 0 Å². The third-order valence-corrected chi connectivity index (χ3v) is 3.14. The minimum Gasteiger partial charge on any atom is -0.389 e. The Morgan fingerprint density at radius 2 is 2.06 bits per heavy atom. The van der Waals surface area contributed by atoms with Crippen molar-refractivity contribution in [2.75, 3.05) is 25.0 Å². The molecular formula is C14H23BrN2O. The maximum Gasteiger partial charge on any atom is 0.0765 e. The third-order valence-electron chi connectivity index (χ3n) is 2.65. The lowest BCUT2D eigenvalue weighted by molar-refractivity contribution is 0.0886. The van der Waals surface area contributed by atoms with Gasteiger partial charge in [0.25, 0.3) is 0 Å². The van der Waals surface area contributed by atoms with E-state index in [1.165, 1.54) is 5.56 Å². The molecule has 0 aromatic heterocycles. The molecule has 0 fully saturated rings. The summed E-state index contributed by atoms with van der Waals surface area (Å²) in [6, 6.07) is 6.26. The van der Waals surface area contributed by atoms with Gasteiger partial charge in [-0.05, 0) is 38.1 Å². The Balaban J connectivity index is 2.93. The van der Waals surface area contributed by atoms with Crippen LogP contribution >= 0.6 is 15.9 Å². The van der Waals surface area contributed by atoms with Crippen molar-refractivity contribution in [2.24, 2.45) is 0 Å². The van der Waals surface area contributed by atoms with Crippen molar-refractivity contribution in [2.45, 2.75) is 32.9 Å². The number of anilines is 1. The van der Waals surface area contributed by atoms with Crippen LogP contribution < -0.4 is 10.2 Å². The zero-order chi connectivity index (χ0) is 13.8. The molecule has 2 N–H and O–H groups in total. The highest BCUT2D eigenvalue weighted by atomic mass is 79.9. The molecule has 0 saturated carbocycles. The highest BCUT2D eigenvalue weighted by Crippen LogP contribution is 2.25. The molecule has 0 aliphatic carbocycles. The molecule has 0 aliphatic rings. The topological polar surface area (TPSA) is 35.5 Å². The largest absolute Gasteiger partial charge is 0.389 e. The fourth-order valence-corrected chi connectivity index (χ4v) is 2.32. The summed E-state index contributed by atoms with van der Waals surface area (Å²) in [6.45, 7) is 8.14. The van der Waals surface area contributed by atoms with Crippen molar-refractivity contribution in [1.82, 2.24) is 5.32 Å². The van der Waals surface area contributed by atoms with Gasteiger partial charge in [0.2, 0.25) is 0 Å². The van der Waals surface area contributed by atoms with E-state index in [2.05, 4.69) is 45.2 Å². The highest BCUT2D eigenvalue weighted by Gasteiger charge is 2.17. The number of likely N-dealkylation sites (N-methyl/N-ethyl adjacent to an activating group) is 1. The third kappa shape index (κ3) is 4.96. The average Bonchev–Trinajstić information content (AvgIpc) is 2.25. The summed E-state index contributed by atoms with van der Waals surface area (Å²) in [5, 5.41) is 13.3. The van der Waals surface area contributed by atoms with Crippen LogP contribution in [0.4, 0.5) is 5.69 Å². The first-order valence-corrected chi connectivity index (χ1v) is 7.05. The van der Waals surface area contributed by atoms with Crippen molar-refractivity contribution in [3.8, 4) is 0 Å². The smallest absolute Gasteiger partial charge is 0.0765 e. The van der Waals surface area contributed by atoms with Crippen LogP contribution in [0.25, 0.3) is 0 Å². The van der Waals surface area contributed by atoms with E-state index in [1.54, 1.807) is 0 Å². The van der Waals surface area contributed by atoms with E-state index in [9.17, 15) is 5.11 Å². The van der Waals surface area contributed by atoms with E-state index in [0.717, 1.165) is 23.2 Å². The predicted octanol–water partition coefficient (Wildman–Crippen LogP) is 2.77. The van der Waals surface area contributed by atoms with Crippen molar-refractivity contribution < 1.29 is 5.11 Å². The Morgan fingerprint density at radius 3 is 2.61 bits per heavy atom. The van der Waals surface area contributed by atoms with E-state index in [-0.39, 0.29) is 0 Å². The molecule has 0 heterocycles. The van der Waals surface area contributed by atoms with Gasteiger partial charge in [0, 0.05) is 30.3 Å². The standard InChI is InChI=1S/C14H23BrN2O/c1-5-16-9-11-6-7-12(15)8-13(11)17(4)10-14(2,3)18/h6-8,16,18H,5,9-10H2,1-4H3. The molecule has 18 heavy (non-hydrogen) atoms. The second-order valence-corrected chi connectivity index (χ2v) is 6.14. The molecule has 1 aromatic carbocycles. The quantitative estimate of drug-likeness (QED) is 0.847. The van der Waals surface area contributed by atoms with Crippen LogP contribution in [0.1, 0.15) is 26.3 Å². The molecule has 0 aliphatic heterocycles. The molecule has 3 nitrogen and oxygen atoms in total. The lowest BCUT2D eigenvalue weighted by atomic mass is 10.1. The maximum absolute atomic E-state index is 9.92. The highest BCUT2D eigenvalue weighted by molar-refractivity contribution is 9.10. The Morgan fingerprint density at radius 1 is 1.39 bits per heavy atom. The molecule has 0 bridgehead atoms. The zero-order valence-corrected chi connectivity index (χ0v) is 13.2. The van der Waals surface area contributed by atoms with Gasteiger partial charge in [-0.25, -0.2) is 0 Å². The second-order valence-electron chi connectivity index (χ2n) is 5.22. The van der Waals surface area contributed by atoms with Crippen LogP contribution in [0.15, 0.2) is 22.7 Å². The van der Waals surface area contributed by atoms with Gasteiger partial charge in [-0.2, -0.15) is 0 Å². The maximum atomic E-state index is 9.92. The van der Waals surface area contributed by atoms with E-state index < -0.39 is 5.60 Å². The molecule has 0 radical (unpaired) electrons. The molecule has 4 heteroatoms. The van der Waals surface area contributed by atoms with Gasteiger partial charge in [0.1, 0.15) is 0 Å². The zero-order valence-electron chi connectivity index (χ0n) is 11.6. The van der Waals surface area contributed by atoms with Crippen LogP contribution in [-0.2, 0) is 6.54 Å². The Hall–Kier alpha value is -0.580. The minimum absolute atomic E-state index is 0.600. The van der Waals surface area contributed by atoms with Gasteiger partial charge in [0.05, 0.1) is 5.60 Å². The summed E-state index contributed by atoms with van der Waals surface area (Å²) in [4.78, 5) is 2.09. The van der Waals surface area contributed by atoms with Crippen LogP contribution in [0.3, 0.4) is 0 Å². The summed E-state index contributed by atoms with van der Waals surface area (Å²) in [5.74, 6) is 0. The number of nitrogens with one attached hydrogen (secondary N) is 1. The van der Waals surface area contributed by atoms with Gasteiger partial charge in [-0.1, -0.05) is 28.9 Å². The molecule has 1 rings (SSSR count). The number of rotatable bonds is 6. The SMILES string of the molecule is CCNCc1ccc(Br)cc1N(C)CC(C)(C)O. The number of benzene rings is 1. The number of nitrogens with zero attached hydrogens (tertiary/aromatic N) is 1. The van der Waals surface area contributed by atoms with E-state index in [1.807, 2.05) is 27.0 Å². The molecule has 1 aromatic rings. The molecule has 0 atom stereocenters. The van der Waals surface area contributed by atoms with Crippen LogP contribution in [0, 0.1) is 0 Å². The Bertz CT molecular complexity index is 388. The van der Waals surface area contributed by atoms with Crippen LogP contribution in [-0.4, -0.2) is 30.8 Å². The molecule has 0 amide bonds. The van der Waals surface area contributed by atoms with Crippen molar-refractivity contribution in [3.05, 3.63) is 28.2 Å². The van der Waals surface area contributed by atoms with Crippen molar-refractivity contribution >= 4 is 21.6 Å². The summed E-state index contributed by atoms with van der Waals surface area (Å²) < 4.78 is 1.06. The summed E-state index contributed by atoms with van der Waals surface area (Å²) >= 11 is 3.50. The first-order valence-electron chi connectivity index (χ1n) is 6.26. The lowest BCUT2D eigenvalue weighted by Gasteiger charge is -2.29. The summed E-state index contributed by atoms with van der Waals surface area (Å²) in [7, 11) is 2.01. The molecule has 0 spiro atoms. The van der Waals surface area contributed by atoms with Crippen LogP contribution in [0.2, 0.25) is 0 Å². The second kappa shape index (κ2) is 6.55. The van der Waals surface area contributed by atoms with E-state index >= 15 is 0 Å². The van der Waals surface area contributed by atoms with Gasteiger partial charge in [0.15, 0.2) is 0 Å². The van der Waals surface area contributed by atoms with E-state index in [0.29, 0.717) is 6.54 Å². The van der Waals surface area contributed by atoms with Crippen LogP contribution in [0.5, 0.6) is 0 Å². The number of aliphatic hydroxyl groups is 1. The monoisotopic (exact) mass is 314 g/mol. The molecule has 0 unspecified atom stereocenters. The first-order chi connectivity index (χ1) is 8.33. The van der Waals surface area contributed by atoms with Crippen molar-refractivity contribution in [3.63, 3.8) is 0 Å². The van der Waals surface area contributed by atoms with Gasteiger partial charge >= 0.3 is 0 Å². The lowest BCUT2D eigenvalue weighted by Crippen LogP contribution is -2.36. The first kappa shape index (κ1) is 15.5. The van der Waals surface area contributed by atoms with Gasteiger partial charge < -0.3 is 15.3 Å². The average molecular weight is 315 g/mol. The summed E-state index contributed by atoms with van der Waals surface area (Å²) in [5.41, 5.74) is 1.69. The number of hydrogen-bond acceptors (Lipinski definition) is 3. The van der Waals surface area contributed by atoms with Gasteiger partial charge in [-0.15, -0.1) is 0 Å².